The average Bonchev–Trinajstić information content (AvgIpc) is 2.94. The summed E-state index contributed by atoms with van der Waals surface area (Å²) in [6.45, 7) is 1.76. The van der Waals surface area contributed by atoms with E-state index < -0.39 is 6.10 Å². The Morgan fingerprint density at radius 1 is 1.50 bits per heavy atom. The van der Waals surface area contributed by atoms with E-state index >= 15 is 0 Å². The van der Waals surface area contributed by atoms with Gasteiger partial charge in [0.25, 0.3) is 5.56 Å². The van der Waals surface area contributed by atoms with Crippen molar-refractivity contribution in [2.75, 3.05) is 32.0 Å². The molecule has 0 amide bonds. The number of aromatic nitrogens is 2. The molecule has 0 bridgehead atoms. The van der Waals surface area contributed by atoms with Crippen LogP contribution in [0.25, 0.3) is 5.57 Å². The molecular formula is C13H18N4O3. The second kappa shape index (κ2) is 5.01. The van der Waals surface area contributed by atoms with Crippen LogP contribution < -0.4 is 11.3 Å². The van der Waals surface area contributed by atoms with Crippen molar-refractivity contribution in [3.63, 3.8) is 0 Å². The summed E-state index contributed by atoms with van der Waals surface area (Å²) in [4.78, 5) is 20.5. The summed E-state index contributed by atoms with van der Waals surface area (Å²) in [6.07, 6.45) is 2.04. The van der Waals surface area contributed by atoms with Crippen molar-refractivity contribution >= 4 is 11.5 Å². The van der Waals surface area contributed by atoms with Crippen molar-refractivity contribution in [2.45, 2.75) is 12.5 Å². The van der Waals surface area contributed by atoms with E-state index in [9.17, 15) is 15.0 Å². The predicted molar refractivity (Wildman–Crippen MR) is 74.0 cm³/mol. The summed E-state index contributed by atoms with van der Waals surface area (Å²) in [5.41, 5.74) is 7.67. The van der Waals surface area contributed by atoms with Gasteiger partial charge in [-0.15, -0.1) is 0 Å². The number of aliphatic hydroxyl groups is 2. The van der Waals surface area contributed by atoms with E-state index in [0.29, 0.717) is 37.3 Å². The van der Waals surface area contributed by atoms with Gasteiger partial charge in [0.1, 0.15) is 0 Å². The number of nitrogens with zero attached hydrogens (tertiary/aromatic N) is 2. The summed E-state index contributed by atoms with van der Waals surface area (Å²) in [5.74, 6) is 0.0184. The molecule has 5 N–H and O–H groups in total. The molecule has 7 nitrogen and oxygen atoms in total. The quantitative estimate of drug-likeness (QED) is 0.539. The number of fused-ring (bicyclic) bond motifs is 1. The van der Waals surface area contributed by atoms with E-state index in [2.05, 4.69) is 14.9 Å². The van der Waals surface area contributed by atoms with Crippen LogP contribution in [0.5, 0.6) is 0 Å². The fourth-order valence-electron chi connectivity index (χ4n) is 2.92. The standard InChI is InChI=1S/C13H18N4O3/c14-13-15-11-7(1-2-9(11)12(20)16-13)3-17-4-8(6-18)10(19)5-17/h1,8,10,18-19H,2-6H2,(H3,14,15,16,20). The molecular weight excluding hydrogens is 260 g/mol. The minimum Gasteiger partial charge on any atom is -0.396 e. The number of β-amino-alcohol motifs (C(OH)–C–C–N with tert-alkyl or cyclic N) is 1. The van der Waals surface area contributed by atoms with Crippen molar-refractivity contribution in [3.8, 4) is 0 Å². The van der Waals surface area contributed by atoms with Crippen molar-refractivity contribution in [1.29, 1.82) is 0 Å². The number of aromatic amines is 1. The minimum absolute atomic E-state index is 0.0157. The largest absolute Gasteiger partial charge is 0.396 e. The third-order valence-corrected chi connectivity index (χ3v) is 4.00. The number of rotatable bonds is 3. The number of nitrogen functional groups attached to an aromatic ring is 1. The Bertz CT molecular complexity index is 610. The molecule has 0 saturated carbocycles. The molecule has 1 aliphatic heterocycles. The molecule has 3 rings (SSSR count). The van der Waals surface area contributed by atoms with Gasteiger partial charge in [0.2, 0.25) is 5.95 Å². The zero-order valence-corrected chi connectivity index (χ0v) is 11.0. The molecule has 7 heteroatoms. The number of H-pyrrole nitrogens is 1. The number of nitrogens with one attached hydrogen (secondary N) is 1. The van der Waals surface area contributed by atoms with Crippen LogP contribution in [-0.4, -0.2) is 57.4 Å². The fraction of sp³-hybridized carbons (Fsp3) is 0.538. The molecule has 1 aromatic rings. The van der Waals surface area contributed by atoms with Gasteiger partial charge in [-0.3, -0.25) is 14.7 Å². The number of anilines is 1. The van der Waals surface area contributed by atoms with Gasteiger partial charge in [0, 0.05) is 37.7 Å². The first kappa shape index (κ1) is 13.3. The van der Waals surface area contributed by atoms with Gasteiger partial charge in [-0.1, -0.05) is 6.08 Å². The molecule has 1 aromatic heterocycles. The lowest BCUT2D eigenvalue weighted by atomic mass is 10.1. The van der Waals surface area contributed by atoms with Gasteiger partial charge in [0.05, 0.1) is 11.8 Å². The Morgan fingerprint density at radius 2 is 2.30 bits per heavy atom. The summed E-state index contributed by atoms with van der Waals surface area (Å²) < 4.78 is 0. The fourth-order valence-corrected chi connectivity index (χ4v) is 2.92. The van der Waals surface area contributed by atoms with E-state index in [0.717, 1.165) is 5.57 Å². The van der Waals surface area contributed by atoms with E-state index in [1.54, 1.807) is 0 Å². The van der Waals surface area contributed by atoms with Crippen LogP contribution in [0.15, 0.2) is 10.9 Å². The summed E-state index contributed by atoms with van der Waals surface area (Å²) in [7, 11) is 0. The number of nitrogens with two attached hydrogens (primary N) is 1. The number of allylic oxidation sites excluding steroid dienone is 1. The van der Waals surface area contributed by atoms with Crippen LogP contribution in [-0.2, 0) is 6.42 Å². The molecule has 0 spiro atoms. The van der Waals surface area contributed by atoms with Crippen LogP contribution in [0, 0.1) is 5.92 Å². The van der Waals surface area contributed by atoms with Crippen LogP contribution in [0.4, 0.5) is 5.95 Å². The first-order valence-electron chi connectivity index (χ1n) is 6.68. The maximum Gasteiger partial charge on any atom is 0.256 e. The molecule has 2 atom stereocenters. The molecule has 1 fully saturated rings. The lowest BCUT2D eigenvalue weighted by molar-refractivity contribution is 0.103. The number of likely N-dealkylation sites (tertiary alicyclic amines) is 1. The third kappa shape index (κ3) is 2.24. The van der Waals surface area contributed by atoms with Crippen molar-refractivity contribution in [1.82, 2.24) is 14.9 Å². The highest BCUT2D eigenvalue weighted by molar-refractivity contribution is 5.71. The molecule has 2 heterocycles. The Balaban J connectivity index is 1.78. The second-order valence-electron chi connectivity index (χ2n) is 5.42. The normalized spacial score (nSPS) is 25.8. The van der Waals surface area contributed by atoms with Crippen molar-refractivity contribution in [2.24, 2.45) is 5.92 Å². The first-order valence-corrected chi connectivity index (χ1v) is 6.68. The molecule has 2 aliphatic rings. The zero-order valence-electron chi connectivity index (χ0n) is 11.0. The number of hydrogen-bond acceptors (Lipinski definition) is 6. The average molecular weight is 278 g/mol. The SMILES string of the molecule is Nc1nc2c(c(=O)[nH]1)CC=C2CN1CC(O)C(CO)C1. The second-order valence-corrected chi connectivity index (χ2v) is 5.42. The highest BCUT2D eigenvalue weighted by Crippen LogP contribution is 2.26. The highest BCUT2D eigenvalue weighted by atomic mass is 16.3. The van der Waals surface area contributed by atoms with Crippen LogP contribution in [0.2, 0.25) is 0 Å². The van der Waals surface area contributed by atoms with Gasteiger partial charge in [0.15, 0.2) is 0 Å². The molecule has 2 unspecified atom stereocenters. The Hall–Kier alpha value is -1.70. The molecule has 1 saturated heterocycles. The molecule has 0 radical (unpaired) electrons. The first-order chi connectivity index (χ1) is 9.58. The Morgan fingerprint density at radius 3 is 3.00 bits per heavy atom. The van der Waals surface area contributed by atoms with Crippen molar-refractivity contribution < 1.29 is 10.2 Å². The van der Waals surface area contributed by atoms with E-state index in [1.165, 1.54) is 0 Å². The van der Waals surface area contributed by atoms with Gasteiger partial charge in [-0.25, -0.2) is 4.98 Å². The van der Waals surface area contributed by atoms with Crippen LogP contribution in [0.1, 0.15) is 11.3 Å². The molecule has 20 heavy (non-hydrogen) atoms. The van der Waals surface area contributed by atoms with E-state index in [-0.39, 0.29) is 24.0 Å². The summed E-state index contributed by atoms with van der Waals surface area (Å²) >= 11 is 0. The van der Waals surface area contributed by atoms with Gasteiger partial charge in [-0.2, -0.15) is 0 Å². The zero-order chi connectivity index (χ0) is 14.3. The third-order valence-electron chi connectivity index (χ3n) is 4.00. The monoisotopic (exact) mass is 278 g/mol. The van der Waals surface area contributed by atoms with Gasteiger partial charge >= 0.3 is 0 Å². The summed E-state index contributed by atoms with van der Waals surface area (Å²) in [5, 5.41) is 19.0. The van der Waals surface area contributed by atoms with Crippen LogP contribution >= 0.6 is 0 Å². The predicted octanol–water partition coefficient (Wildman–Crippen LogP) is -1.42. The lowest BCUT2D eigenvalue weighted by Crippen LogP contribution is -2.25. The molecule has 108 valence electrons. The Kier molecular flexibility index (Phi) is 3.33. The maximum atomic E-state index is 11.8. The minimum atomic E-state index is -0.501. The highest BCUT2D eigenvalue weighted by Gasteiger charge is 2.32. The molecule has 0 aromatic carbocycles. The maximum absolute atomic E-state index is 11.8. The van der Waals surface area contributed by atoms with Gasteiger partial charge in [-0.05, 0) is 12.0 Å². The molecule has 1 aliphatic carbocycles. The van der Waals surface area contributed by atoms with E-state index in [1.807, 2.05) is 6.08 Å². The Labute approximate surface area is 115 Å². The lowest BCUT2D eigenvalue weighted by Gasteiger charge is -2.16. The number of hydrogen-bond donors (Lipinski definition) is 4. The summed E-state index contributed by atoms with van der Waals surface area (Å²) in [6, 6.07) is 0. The van der Waals surface area contributed by atoms with Crippen molar-refractivity contribution in [3.05, 3.63) is 27.7 Å². The van der Waals surface area contributed by atoms with Crippen LogP contribution in [0.3, 0.4) is 0 Å². The topological polar surface area (TPSA) is 115 Å². The van der Waals surface area contributed by atoms with Gasteiger partial charge < -0.3 is 15.9 Å². The van der Waals surface area contributed by atoms with E-state index in [4.69, 9.17) is 5.73 Å². The number of aliphatic hydroxyl groups excluding tert-OH is 2. The smallest absolute Gasteiger partial charge is 0.256 e.